The second kappa shape index (κ2) is 5.31. The summed E-state index contributed by atoms with van der Waals surface area (Å²) in [5.74, 6) is 1.12. The Balaban J connectivity index is 1.63. The highest BCUT2D eigenvalue weighted by molar-refractivity contribution is 5.78. The molecule has 4 heteroatoms. The first-order valence-electron chi connectivity index (χ1n) is 7.98. The summed E-state index contributed by atoms with van der Waals surface area (Å²) in [4.78, 5) is 6.91. The van der Waals surface area contributed by atoms with E-state index in [1.54, 1.807) is 0 Å². The summed E-state index contributed by atoms with van der Waals surface area (Å²) < 4.78 is 0. The van der Waals surface area contributed by atoms with Crippen LogP contribution in [-0.4, -0.2) is 40.7 Å². The second-order valence-electron chi connectivity index (χ2n) is 6.67. The molecule has 4 nitrogen and oxygen atoms in total. The van der Waals surface area contributed by atoms with E-state index < -0.39 is 5.60 Å². The topological polar surface area (TPSA) is 61.8 Å². The predicted octanol–water partition coefficient (Wildman–Crippen LogP) is 1.87. The number of nitrogens with zero attached hydrogens (tertiary/aromatic N) is 2. The van der Waals surface area contributed by atoms with Gasteiger partial charge in [-0.2, -0.15) is 0 Å². The molecule has 0 aromatic heterocycles. The van der Waals surface area contributed by atoms with Gasteiger partial charge in [0.2, 0.25) is 0 Å². The Morgan fingerprint density at radius 3 is 2.63 bits per heavy atom. The van der Waals surface area contributed by atoms with Gasteiger partial charge in [0.25, 0.3) is 0 Å². The van der Waals surface area contributed by atoms with Crippen molar-refractivity contribution < 1.29 is 5.11 Å². The van der Waals surface area contributed by atoms with Gasteiger partial charge in [0.05, 0.1) is 11.6 Å². The van der Waals surface area contributed by atoms with E-state index in [0.717, 1.165) is 38.3 Å². The Bertz CT molecular complexity index is 351. The van der Waals surface area contributed by atoms with E-state index in [0.29, 0.717) is 12.0 Å². The third-order valence-electron chi connectivity index (χ3n) is 5.39. The highest BCUT2D eigenvalue weighted by Crippen LogP contribution is 2.39. The molecule has 0 bridgehead atoms. The van der Waals surface area contributed by atoms with Gasteiger partial charge in [0.1, 0.15) is 0 Å². The molecule has 108 valence electrons. The first kappa shape index (κ1) is 13.2. The lowest BCUT2D eigenvalue weighted by Crippen LogP contribution is -2.56. The average molecular weight is 265 g/mol. The predicted molar refractivity (Wildman–Crippen MR) is 77.0 cm³/mol. The number of hydrogen-bond donors (Lipinski definition) is 2. The maximum Gasteiger partial charge on any atom is 0.191 e. The molecular formula is C15H27N3O. The third-order valence-corrected chi connectivity index (χ3v) is 5.39. The molecule has 1 heterocycles. The van der Waals surface area contributed by atoms with Crippen molar-refractivity contribution >= 4 is 5.96 Å². The normalized spacial score (nSPS) is 37.4. The van der Waals surface area contributed by atoms with Crippen LogP contribution in [0.25, 0.3) is 0 Å². The van der Waals surface area contributed by atoms with Crippen LogP contribution in [0.1, 0.15) is 57.8 Å². The zero-order valence-corrected chi connectivity index (χ0v) is 11.9. The molecule has 19 heavy (non-hydrogen) atoms. The Labute approximate surface area is 116 Å². The number of rotatable bonds is 1. The van der Waals surface area contributed by atoms with Gasteiger partial charge in [-0.25, -0.2) is 4.99 Å². The smallest absolute Gasteiger partial charge is 0.191 e. The van der Waals surface area contributed by atoms with Crippen LogP contribution in [0.3, 0.4) is 0 Å². The molecule has 3 aliphatic rings. The number of piperidine rings is 1. The van der Waals surface area contributed by atoms with Gasteiger partial charge in [-0.05, 0) is 32.1 Å². The Morgan fingerprint density at radius 1 is 1.11 bits per heavy atom. The first-order chi connectivity index (χ1) is 9.17. The molecule has 0 aromatic rings. The standard InChI is InChI=1S/C15H27N3O/c16-14(17-13-6-1-2-7-13)18-10-9-15(19)8-4-3-5-12(15)11-18/h12-13,19H,1-11H2,(H2,16,17). The van der Waals surface area contributed by atoms with E-state index in [-0.39, 0.29) is 0 Å². The van der Waals surface area contributed by atoms with Crippen LogP contribution in [0.15, 0.2) is 4.99 Å². The van der Waals surface area contributed by atoms with Crippen molar-refractivity contribution in [2.24, 2.45) is 16.6 Å². The lowest BCUT2D eigenvalue weighted by molar-refractivity contribution is -0.0842. The summed E-state index contributed by atoms with van der Waals surface area (Å²) >= 11 is 0. The average Bonchev–Trinajstić information content (AvgIpc) is 2.90. The van der Waals surface area contributed by atoms with Gasteiger partial charge in [-0.1, -0.05) is 25.7 Å². The molecule has 2 atom stereocenters. The van der Waals surface area contributed by atoms with E-state index in [1.165, 1.54) is 38.5 Å². The van der Waals surface area contributed by atoms with Crippen LogP contribution in [0.2, 0.25) is 0 Å². The number of aliphatic hydroxyl groups is 1. The largest absolute Gasteiger partial charge is 0.389 e. The van der Waals surface area contributed by atoms with E-state index in [9.17, 15) is 5.11 Å². The minimum Gasteiger partial charge on any atom is -0.389 e. The molecule has 2 saturated carbocycles. The van der Waals surface area contributed by atoms with Crippen molar-refractivity contribution in [1.29, 1.82) is 0 Å². The molecule has 3 fully saturated rings. The number of nitrogens with two attached hydrogens (primary N) is 1. The van der Waals surface area contributed by atoms with Crippen molar-refractivity contribution in [1.82, 2.24) is 4.90 Å². The van der Waals surface area contributed by atoms with Crippen LogP contribution >= 0.6 is 0 Å². The van der Waals surface area contributed by atoms with Crippen LogP contribution in [-0.2, 0) is 0 Å². The van der Waals surface area contributed by atoms with E-state index >= 15 is 0 Å². The Hall–Kier alpha value is -0.770. The SMILES string of the molecule is NC(=NC1CCCC1)N1CCC2(O)CCCCC2C1. The molecule has 2 unspecified atom stereocenters. The van der Waals surface area contributed by atoms with Gasteiger partial charge in [-0.15, -0.1) is 0 Å². The number of guanidine groups is 1. The molecule has 2 aliphatic carbocycles. The lowest BCUT2D eigenvalue weighted by atomic mass is 9.71. The number of aliphatic imine (C=N–C) groups is 1. The van der Waals surface area contributed by atoms with Crippen molar-refractivity contribution in [3.05, 3.63) is 0 Å². The second-order valence-corrected chi connectivity index (χ2v) is 6.67. The molecule has 1 aliphatic heterocycles. The molecule has 0 amide bonds. The summed E-state index contributed by atoms with van der Waals surface area (Å²) in [7, 11) is 0. The summed E-state index contributed by atoms with van der Waals surface area (Å²) in [5, 5.41) is 10.7. The van der Waals surface area contributed by atoms with Crippen molar-refractivity contribution in [3.63, 3.8) is 0 Å². The van der Waals surface area contributed by atoms with E-state index in [4.69, 9.17) is 10.7 Å². The first-order valence-corrected chi connectivity index (χ1v) is 7.98. The Kier molecular flexibility index (Phi) is 3.70. The minimum absolute atomic E-state index is 0.396. The van der Waals surface area contributed by atoms with Crippen LogP contribution in [0.5, 0.6) is 0 Å². The molecule has 0 aromatic carbocycles. The van der Waals surface area contributed by atoms with Crippen LogP contribution in [0.4, 0.5) is 0 Å². The summed E-state index contributed by atoms with van der Waals surface area (Å²) in [6.07, 6.45) is 10.4. The third kappa shape index (κ3) is 2.73. The fourth-order valence-electron chi connectivity index (χ4n) is 4.08. The van der Waals surface area contributed by atoms with Crippen molar-refractivity contribution in [2.45, 2.75) is 69.4 Å². The zero-order chi connectivity index (χ0) is 13.3. The van der Waals surface area contributed by atoms with Gasteiger partial charge in [-0.3, -0.25) is 0 Å². The number of hydrogen-bond acceptors (Lipinski definition) is 2. The fraction of sp³-hybridized carbons (Fsp3) is 0.933. The van der Waals surface area contributed by atoms with Crippen molar-refractivity contribution in [3.8, 4) is 0 Å². The summed E-state index contributed by atoms with van der Waals surface area (Å²) in [6.45, 7) is 1.77. The van der Waals surface area contributed by atoms with Gasteiger partial charge < -0.3 is 15.7 Å². The quantitative estimate of drug-likeness (QED) is 0.562. The molecule has 1 saturated heterocycles. The highest BCUT2D eigenvalue weighted by Gasteiger charge is 2.43. The van der Waals surface area contributed by atoms with Gasteiger partial charge >= 0.3 is 0 Å². The maximum atomic E-state index is 10.7. The zero-order valence-electron chi connectivity index (χ0n) is 11.9. The molecular weight excluding hydrogens is 238 g/mol. The number of fused-ring (bicyclic) bond motifs is 1. The summed E-state index contributed by atoms with van der Waals surface area (Å²) in [5.41, 5.74) is 5.77. The fourth-order valence-corrected chi connectivity index (χ4v) is 4.08. The molecule has 0 radical (unpaired) electrons. The lowest BCUT2D eigenvalue weighted by Gasteiger charge is -2.47. The van der Waals surface area contributed by atoms with Crippen molar-refractivity contribution in [2.75, 3.05) is 13.1 Å². The van der Waals surface area contributed by atoms with Crippen LogP contribution < -0.4 is 5.73 Å². The summed E-state index contributed by atoms with van der Waals surface area (Å²) in [6, 6.07) is 0.451. The maximum absolute atomic E-state index is 10.7. The Morgan fingerprint density at radius 2 is 1.84 bits per heavy atom. The highest BCUT2D eigenvalue weighted by atomic mass is 16.3. The molecule has 3 N–H and O–H groups in total. The molecule has 0 spiro atoms. The minimum atomic E-state index is -0.414. The number of likely N-dealkylation sites (tertiary alicyclic amines) is 1. The van der Waals surface area contributed by atoms with E-state index in [1.807, 2.05) is 0 Å². The van der Waals surface area contributed by atoms with E-state index in [2.05, 4.69) is 4.90 Å². The monoisotopic (exact) mass is 265 g/mol. The van der Waals surface area contributed by atoms with Gasteiger partial charge in [0.15, 0.2) is 5.96 Å². The van der Waals surface area contributed by atoms with Gasteiger partial charge in [0, 0.05) is 19.0 Å². The molecule has 3 rings (SSSR count). The van der Waals surface area contributed by atoms with Crippen LogP contribution in [0, 0.1) is 5.92 Å².